The Hall–Kier alpha value is -2.82. The second kappa shape index (κ2) is 5.89. The van der Waals surface area contributed by atoms with Crippen molar-refractivity contribution in [3.8, 4) is 11.5 Å². The van der Waals surface area contributed by atoms with Gasteiger partial charge in [-0.15, -0.1) is 0 Å². The van der Waals surface area contributed by atoms with Crippen molar-refractivity contribution in [1.29, 1.82) is 0 Å². The van der Waals surface area contributed by atoms with Crippen LogP contribution in [0.3, 0.4) is 0 Å². The maximum atomic E-state index is 13.3. The lowest BCUT2D eigenvalue weighted by molar-refractivity contribution is 0.295. The molecule has 0 fully saturated rings. The molecule has 0 radical (unpaired) electrons. The van der Waals surface area contributed by atoms with E-state index >= 15 is 0 Å². The van der Waals surface area contributed by atoms with Crippen molar-refractivity contribution in [3.05, 3.63) is 70.3 Å². The maximum absolute atomic E-state index is 13.3. The van der Waals surface area contributed by atoms with Crippen LogP contribution in [0.25, 0.3) is 11.0 Å². The fourth-order valence-electron chi connectivity index (χ4n) is 2.15. The molecule has 0 spiro atoms. The van der Waals surface area contributed by atoms with Gasteiger partial charge in [0.2, 0.25) is 0 Å². The van der Waals surface area contributed by atoms with Crippen molar-refractivity contribution in [2.45, 2.75) is 6.61 Å². The van der Waals surface area contributed by atoms with Crippen molar-refractivity contribution in [2.24, 2.45) is 0 Å². The van der Waals surface area contributed by atoms with E-state index in [1.807, 2.05) is 0 Å². The van der Waals surface area contributed by atoms with E-state index < -0.39 is 5.63 Å². The molecule has 3 aromatic rings. The molecule has 4 nitrogen and oxygen atoms in total. The van der Waals surface area contributed by atoms with Gasteiger partial charge < -0.3 is 13.9 Å². The van der Waals surface area contributed by atoms with Gasteiger partial charge in [-0.1, -0.05) is 0 Å². The zero-order chi connectivity index (χ0) is 15.5. The van der Waals surface area contributed by atoms with Gasteiger partial charge in [-0.05, 0) is 36.4 Å². The van der Waals surface area contributed by atoms with Crippen LogP contribution in [0, 0.1) is 5.82 Å². The topological polar surface area (TPSA) is 48.7 Å². The Labute approximate surface area is 125 Å². The Balaban J connectivity index is 1.84. The first kappa shape index (κ1) is 14.1. The standard InChI is InChI=1S/C17H13FO4/c1-20-15-6-4-13(18)8-12(15)10-21-14-5-2-11-3-7-17(19)22-16(11)9-14/h2-9H,10H2,1H3. The smallest absolute Gasteiger partial charge is 0.336 e. The molecule has 0 saturated carbocycles. The third-order valence-electron chi connectivity index (χ3n) is 3.23. The van der Waals surface area contributed by atoms with E-state index in [1.54, 1.807) is 30.3 Å². The molecule has 0 atom stereocenters. The molecular weight excluding hydrogens is 287 g/mol. The fraction of sp³-hybridized carbons (Fsp3) is 0.118. The average molecular weight is 300 g/mol. The van der Waals surface area contributed by atoms with Gasteiger partial charge in [0.1, 0.15) is 29.5 Å². The van der Waals surface area contributed by atoms with Gasteiger partial charge in [0.25, 0.3) is 0 Å². The lowest BCUT2D eigenvalue weighted by atomic mass is 10.2. The maximum Gasteiger partial charge on any atom is 0.336 e. The summed E-state index contributed by atoms with van der Waals surface area (Å²) >= 11 is 0. The highest BCUT2D eigenvalue weighted by Gasteiger charge is 2.07. The molecule has 2 aromatic carbocycles. The number of benzene rings is 2. The highest BCUT2D eigenvalue weighted by Crippen LogP contribution is 2.24. The Morgan fingerprint density at radius 3 is 2.73 bits per heavy atom. The zero-order valence-electron chi connectivity index (χ0n) is 11.8. The van der Waals surface area contributed by atoms with Crippen molar-refractivity contribution in [2.75, 3.05) is 7.11 Å². The van der Waals surface area contributed by atoms with Gasteiger partial charge in [0.05, 0.1) is 7.11 Å². The quantitative estimate of drug-likeness (QED) is 0.692. The van der Waals surface area contributed by atoms with Crippen LogP contribution in [0.4, 0.5) is 4.39 Å². The third-order valence-corrected chi connectivity index (χ3v) is 3.23. The van der Waals surface area contributed by atoms with Gasteiger partial charge in [-0.2, -0.15) is 0 Å². The van der Waals surface area contributed by atoms with E-state index in [0.29, 0.717) is 22.6 Å². The first-order valence-electron chi connectivity index (χ1n) is 6.65. The summed E-state index contributed by atoms with van der Waals surface area (Å²) in [6.45, 7) is 0.142. The van der Waals surface area contributed by atoms with Crippen LogP contribution in [0.5, 0.6) is 11.5 Å². The summed E-state index contributed by atoms with van der Waals surface area (Å²) in [4.78, 5) is 11.2. The van der Waals surface area contributed by atoms with Crippen LogP contribution in [-0.2, 0) is 6.61 Å². The van der Waals surface area contributed by atoms with Crippen LogP contribution in [0.1, 0.15) is 5.56 Å². The van der Waals surface area contributed by atoms with E-state index in [4.69, 9.17) is 13.9 Å². The number of ether oxygens (including phenoxy) is 2. The second-order valence-corrected chi connectivity index (χ2v) is 4.70. The second-order valence-electron chi connectivity index (χ2n) is 4.70. The normalized spacial score (nSPS) is 10.6. The zero-order valence-corrected chi connectivity index (χ0v) is 11.8. The molecule has 3 rings (SSSR count). The lowest BCUT2D eigenvalue weighted by Crippen LogP contribution is -2.00. The Morgan fingerprint density at radius 2 is 1.91 bits per heavy atom. The summed E-state index contributed by atoms with van der Waals surface area (Å²) in [6, 6.07) is 12.5. The molecule has 5 heteroatoms. The number of rotatable bonds is 4. The molecule has 0 unspecified atom stereocenters. The highest BCUT2D eigenvalue weighted by atomic mass is 19.1. The predicted molar refractivity (Wildman–Crippen MR) is 79.8 cm³/mol. The minimum Gasteiger partial charge on any atom is -0.496 e. The molecule has 0 N–H and O–H groups in total. The summed E-state index contributed by atoms with van der Waals surface area (Å²) in [5.41, 5.74) is 0.616. The molecule has 0 bridgehead atoms. The Bertz CT molecular complexity index is 870. The van der Waals surface area contributed by atoms with E-state index in [2.05, 4.69) is 0 Å². The first-order chi connectivity index (χ1) is 10.7. The number of hydrogen-bond donors (Lipinski definition) is 0. The molecule has 0 aliphatic carbocycles. The van der Waals surface area contributed by atoms with Crippen LogP contribution in [0.15, 0.2) is 57.7 Å². The molecule has 0 aliphatic heterocycles. The monoisotopic (exact) mass is 300 g/mol. The Morgan fingerprint density at radius 1 is 1.09 bits per heavy atom. The summed E-state index contributed by atoms with van der Waals surface area (Å²) in [6.07, 6.45) is 0. The van der Waals surface area contributed by atoms with E-state index in [0.717, 1.165) is 5.39 Å². The lowest BCUT2D eigenvalue weighted by Gasteiger charge is -2.10. The molecule has 0 saturated heterocycles. The molecule has 112 valence electrons. The van der Waals surface area contributed by atoms with Crippen molar-refractivity contribution >= 4 is 11.0 Å². The largest absolute Gasteiger partial charge is 0.496 e. The van der Waals surface area contributed by atoms with Crippen molar-refractivity contribution < 1.29 is 18.3 Å². The van der Waals surface area contributed by atoms with Crippen LogP contribution >= 0.6 is 0 Å². The average Bonchev–Trinajstić information content (AvgIpc) is 2.52. The van der Waals surface area contributed by atoms with Gasteiger partial charge in [-0.3, -0.25) is 0 Å². The molecule has 1 aromatic heterocycles. The molecule has 0 amide bonds. The van der Waals surface area contributed by atoms with Crippen LogP contribution < -0.4 is 15.1 Å². The SMILES string of the molecule is COc1ccc(F)cc1COc1ccc2ccc(=O)oc2c1. The molecule has 1 heterocycles. The third kappa shape index (κ3) is 2.93. The number of fused-ring (bicyclic) bond motifs is 1. The van der Waals surface area contributed by atoms with Gasteiger partial charge in [0.15, 0.2) is 0 Å². The van der Waals surface area contributed by atoms with Gasteiger partial charge >= 0.3 is 5.63 Å². The van der Waals surface area contributed by atoms with E-state index in [9.17, 15) is 9.18 Å². The van der Waals surface area contributed by atoms with Crippen molar-refractivity contribution in [1.82, 2.24) is 0 Å². The van der Waals surface area contributed by atoms with Crippen molar-refractivity contribution in [3.63, 3.8) is 0 Å². The number of methoxy groups -OCH3 is 1. The summed E-state index contributed by atoms with van der Waals surface area (Å²) in [5, 5.41) is 0.801. The van der Waals surface area contributed by atoms with Crippen LogP contribution in [-0.4, -0.2) is 7.11 Å². The van der Waals surface area contributed by atoms with E-state index in [1.165, 1.54) is 25.3 Å². The minimum atomic E-state index is -0.420. The molecular formula is C17H13FO4. The molecule has 22 heavy (non-hydrogen) atoms. The number of hydrogen-bond acceptors (Lipinski definition) is 4. The first-order valence-corrected chi connectivity index (χ1v) is 6.65. The summed E-state index contributed by atoms with van der Waals surface area (Å²) < 4.78 is 29.2. The summed E-state index contributed by atoms with van der Waals surface area (Å²) in [7, 11) is 1.52. The minimum absolute atomic E-state index is 0.142. The predicted octanol–water partition coefficient (Wildman–Crippen LogP) is 3.52. The van der Waals surface area contributed by atoms with E-state index in [-0.39, 0.29) is 12.4 Å². The highest BCUT2D eigenvalue weighted by molar-refractivity contribution is 5.77. The summed E-state index contributed by atoms with van der Waals surface area (Å²) in [5.74, 6) is 0.714. The van der Waals surface area contributed by atoms with Gasteiger partial charge in [-0.25, -0.2) is 9.18 Å². The van der Waals surface area contributed by atoms with Crippen LogP contribution in [0.2, 0.25) is 0 Å². The molecule has 0 aliphatic rings. The fourth-order valence-corrected chi connectivity index (χ4v) is 2.15. The Kier molecular flexibility index (Phi) is 3.78. The number of halogens is 1. The van der Waals surface area contributed by atoms with Gasteiger partial charge in [0, 0.05) is 23.1 Å².